The highest BCUT2D eigenvalue weighted by molar-refractivity contribution is 9.10. The summed E-state index contributed by atoms with van der Waals surface area (Å²) in [5.74, 6) is 1.27. The van der Waals surface area contributed by atoms with Crippen molar-refractivity contribution in [3.8, 4) is 16.3 Å². The summed E-state index contributed by atoms with van der Waals surface area (Å²) in [6.45, 7) is 5.23. The van der Waals surface area contributed by atoms with Gasteiger partial charge < -0.3 is 10.1 Å². The lowest BCUT2D eigenvalue weighted by Crippen LogP contribution is -2.06. The predicted octanol–water partition coefficient (Wildman–Crippen LogP) is 4.42. The highest BCUT2D eigenvalue weighted by atomic mass is 79.9. The molecule has 1 aromatic carbocycles. The van der Waals surface area contributed by atoms with E-state index in [0.717, 1.165) is 27.3 Å². The van der Waals surface area contributed by atoms with E-state index >= 15 is 0 Å². The molecule has 0 radical (unpaired) electrons. The lowest BCUT2D eigenvalue weighted by Gasteiger charge is -2.04. The first kappa shape index (κ1) is 15.5. The fourth-order valence-electron chi connectivity index (χ4n) is 2.02. The largest absolute Gasteiger partial charge is 0.496 e. The van der Waals surface area contributed by atoms with Gasteiger partial charge in [0.05, 0.1) is 17.3 Å². The summed E-state index contributed by atoms with van der Waals surface area (Å²) < 4.78 is 6.22. The summed E-state index contributed by atoms with van der Waals surface area (Å²) in [5.41, 5.74) is 2.30. The topological polar surface area (TPSA) is 34.1 Å². The van der Waals surface area contributed by atoms with Crippen LogP contribution in [0.4, 0.5) is 0 Å². The molecule has 2 aromatic rings. The third kappa shape index (κ3) is 3.22. The number of halogens is 1. The Balaban J connectivity index is 2.42. The standard InChI is InChI=1S/C15H19BrN2OS/c1-9(2)14-13(8-17-3)20-15(18-14)10-5-6-12(19-4)11(16)7-10/h5-7,9,17H,8H2,1-4H3. The van der Waals surface area contributed by atoms with Gasteiger partial charge in [-0.2, -0.15) is 0 Å². The van der Waals surface area contributed by atoms with Crippen LogP contribution in [0.25, 0.3) is 10.6 Å². The highest BCUT2D eigenvalue weighted by Gasteiger charge is 2.15. The molecule has 2 rings (SSSR count). The van der Waals surface area contributed by atoms with Gasteiger partial charge in [0.15, 0.2) is 0 Å². The van der Waals surface area contributed by atoms with Crippen molar-refractivity contribution in [2.24, 2.45) is 0 Å². The van der Waals surface area contributed by atoms with E-state index in [4.69, 9.17) is 9.72 Å². The zero-order chi connectivity index (χ0) is 14.7. The molecule has 5 heteroatoms. The summed E-state index contributed by atoms with van der Waals surface area (Å²) in [7, 11) is 3.64. The maximum Gasteiger partial charge on any atom is 0.133 e. The second kappa shape index (κ2) is 6.70. The average molecular weight is 355 g/mol. The number of benzene rings is 1. The van der Waals surface area contributed by atoms with Gasteiger partial charge in [0.2, 0.25) is 0 Å². The van der Waals surface area contributed by atoms with E-state index in [1.807, 2.05) is 13.1 Å². The molecule has 0 bridgehead atoms. The maximum atomic E-state index is 5.27. The summed E-state index contributed by atoms with van der Waals surface area (Å²) in [6.07, 6.45) is 0. The maximum absolute atomic E-state index is 5.27. The van der Waals surface area contributed by atoms with Crippen LogP contribution in [0, 0.1) is 0 Å². The zero-order valence-corrected chi connectivity index (χ0v) is 14.6. The van der Waals surface area contributed by atoms with Gasteiger partial charge >= 0.3 is 0 Å². The first-order chi connectivity index (χ1) is 9.56. The van der Waals surface area contributed by atoms with Crippen molar-refractivity contribution in [2.75, 3.05) is 14.2 Å². The molecular weight excluding hydrogens is 336 g/mol. The summed E-state index contributed by atoms with van der Waals surface area (Å²) in [4.78, 5) is 6.12. The number of nitrogens with zero attached hydrogens (tertiary/aromatic N) is 1. The molecule has 0 aliphatic rings. The lowest BCUT2D eigenvalue weighted by atomic mass is 10.1. The first-order valence-corrected chi connectivity index (χ1v) is 8.15. The van der Waals surface area contributed by atoms with Crippen molar-refractivity contribution >= 4 is 27.3 Å². The molecule has 0 unspecified atom stereocenters. The van der Waals surface area contributed by atoms with Crippen molar-refractivity contribution in [2.45, 2.75) is 26.3 Å². The Morgan fingerprint density at radius 1 is 1.40 bits per heavy atom. The molecule has 3 nitrogen and oxygen atoms in total. The van der Waals surface area contributed by atoms with Gasteiger partial charge in [-0.05, 0) is 47.1 Å². The molecule has 0 fully saturated rings. The molecule has 108 valence electrons. The lowest BCUT2D eigenvalue weighted by molar-refractivity contribution is 0.412. The number of rotatable bonds is 5. The van der Waals surface area contributed by atoms with Crippen LogP contribution in [-0.2, 0) is 6.54 Å². The van der Waals surface area contributed by atoms with Crippen molar-refractivity contribution < 1.29 is 4.74 Å². The van der Waals surface area contributed by atoms with Crippen molar-refractivity contribution in [1.82, 2.24) is 10.3 Å². The van der Waals surface area contributed by atoms with E-state index in [1.165, 1.54) is 10.6 Å². The molecule has 0 aliphatic heterocycles. The normalized spacial score (nSPS) is 11.1. The number of hydrogen-bond acceptors (Lipinski definition) is 4. The monoisotopic (exact) mass is 354 g/mol. The fourth-order valence-corrected chi connectivity index (χ4v) is 3.79. The van der Waals surface area contributed by atoms with Crippen LogP contribution >= 0.6 is 27.3 Å². The second-order valence-electron chi connectivity index (χ2n) is 4.86. The fraction of sp³-hybridized carbons (Fsp3) is 0.400. The van der Waals surface area contributed by atoms with E-state index in [0.29, 0.717) is 5.92 Å². The Hall–Kier alpha value is -0.910. The molecule has 0 spiro atoms. The van der Waals surface area contributed by atoms with E-state index in [9.17, 15) is 0 Å². The van der Waals surface area contributed by atoms with Crippen LogP contribution in [0.15, 0.2) is 22.7 Å². The van der Waals surface area contributed by atoms with Gasteiger partial charge in [0, 0.05) is 17.0 Å². The molecule has 0 saturated carbocycles. The SMILES string of the molecule is CNCc1sc(-c2ccc(OC)c(Br)c2)nc1C(C)C. The van der Waals surface area contributed by atoms with Crippen LogP contribution in [0.2, 0.25) is 0 Å². The summed E-state index contributed by atoms with van der Waals surface area (Å²) in [6, 6.07) is 6.08. The Kier molecular flexibility index (Phi) is 5.18. The third-order valence-corrected chi connectivity index (χ3v) is 4.75. The Bertz CT molecular complexity index is 596. The molecule has 0 atom stereocenters. The van der Waals surface area contributed by atoms with Gasteiger partial charge in [0.25, 0.3) is 0 Å². The van der Waals surface area contributed by atoms with E-state index in [2.05, 4.69) is 47.2 Å². The molecule has 1 aromatic heterocycles. The number of hydrogen-bond donors (Lipinski definition) is 1. The number of nitrogens with one attached hydrogen (secondary N) is 1. The molecule has 0 amide bonds. The first-order valence-electron chi connectivity index (χ1n) is 6.55. The van der Waals surface area contributed by atoms with Crippen LogP contribution in [-0.4, -0.2) is 19.1 Å². The molecule has 20 heavy (non-hydrogen) atoms. The number of thiazole rings is 1. The molecule has 0 aliphatic carbocycles. The summed E-state index contributed by atoms with van der Waals surface area (Å²) in [5, 5.41) is 4.27. The van der Waals surface area contributed by atoms with Crippen molar-refractivity contribution in [3.05, 3.63) is 33.2 Å². The number of methoxy groups -OCH3 is 1. The highest BCUT2D eigenvalue weighted by Crippen LogP contribution is 2.35. The van der Waals surface area contributed by atoms with Gasteiger partial charge in [0.1, 0.15) is 10.8 Å². The predicted molar refractivity (Wildman–Crippen MR) is 88.7 cm³/mol. The minimum atomic E-state index is 0.435. The van der Waals surface area contributed by atoms with Gasteiger partial charge in [-0.3, -0.25) is 0 Å². The molecular formula is C15H19BrN2OS. The van der Waals surface area contributed by atoms with E-state index < -0.39 is 0 Å². The molecule has 1 heterocycles. The number of ether oxygens (including phenoxy) is 1. The van der Waals surface area contributed by atoms with E-state index in [-0.39, 0.29) is 0 Å². The smallest absolute Gasteiger partial charge is 0.133 e. The van der Waals surface area contributed by atoms with Crippen LogP contribution < -0.4 is 10.1 Å². The average Bonchev–Trinajstić information content (AvgIpc) is 2.83. The van der Waals surface area contributed by atoms with Gasteiger partial charge in [-0.15, -0.1) is 11.3 Å². The van der Waals surface area contributed by atoms with Crippen LogP contribution in [0.1, 0.15) is 30.3 Å². The minimum absolute atomic E-state index is 0.435. The van der Waals surface area contributed by atoms with Crippen molar-refractivity contribution in [3.63, 3.8) is 0 Å². The number of aromatic nitrogens is 1. The van der Waals surface area contributed by atoms with E-state index in [1.54, 1.807) is 18.4 Å². The molecule has 0 saturated heterocycles. The van der Waals surface area contributed by atoms with Crippen molar-refractivity contribution in [1.29, 1.82) is 0 Å². The van der Waals surface area contributed by atoms with Gasteiger partial charge in [-0.25, -0.2) is 4.98 Å². The zero-order valence-electron chi connectivity index (χ0n) is 12.2. The molecule has 1 N–H and O–H groups in total. The minimum Gasteiger partial charge on any atom is -0.496 e. The summed E-state index contributed by atoms with van der Waals surface area (Å²) >= 11 is 5.28. The third-order valence-electron chi connectivity index (χ3n) is 3.01. The quantitative estimate of drug-likeness (QED) is 0.862. The Morgan fingerprint density at radius 3 is 2.70 bits per heavy atom. The second-order valence-corrected chi connectivity index (χ2v) is 6.80. The van der Waals surface area contributed by atoms with Crippen LogP contribution in [0.5, 0.6) is 5.75 Å². The van der Waals surface area contributed by atoms with Gasteiger partial charge in [-0.1, -0.05) is 13.8 Å². The Morgan fingerprint density at radius 2 is 2.15 bits per heavy atom. The Labute approximate surface area is 132 Å². The van der Waals surface area contributed by atoms with Crippen LogP contribution in [0.3, 0.4) is 0 Å².